The molecule has 7 heteroatoms. The fourth-order valence-electron chi connectivity index (χ4n) is 4.62. The van der Waals surface area contributed by atoms with Crippen LogP contribution in [0, 0.1) is 5.92 Å². The van der Waals surface area contributed by atoms with Crippen LogP contribution in [-0.4, -0.2) is 32.4 Å². The molecule has 7 nitrogen and oxygen atoms in total. The molecule has 2 aromatic carbocycles. The van der Waals surface area contributed by atoms with Crippen molar-refractivity contribution in [2.24, 2.45) is 5.92 Å². The third kappa shape index (κ3) is 5.18. The highest BCUT2D eigenvalue weighted by molar-refractivity contribution is 6.30. The summed E-state index contributed by atoms with van der Waals surface area (Å²) in [6, 6.07) is 17.7. The van der Waals surface area contributed by atoms with Crippen molar-refractivity contribution in [2.45, 2.75) is 26.2 Å². The number of fused-ring (bicyclic) bond motifs is 1. The molecule has 1 N–H and O–H groups in total. The lowest BCUT2D eigenvalue weighted by Crippen LogP contribution is -2.15. The molecule has 0 aliphatic heterocycles. The second-order valence-electron chi connectivity index (χ2n) is 9.58. The summed E-state index contributed by atoms with van der Waals surface area (Å²) in [5.41, 5.74) is 4.72. The molecule has 1 unspecified atom stereocenters. The number of nitrogens with one attached hydrogen (secondary N) is 1. The molecule has 0 saturated heterocycles. The Morgan fingerprint density at radius 3 is 2.42 bits per heavy atom. The fraction of sp³-hybridized carbons (Fsp3) is 0.161. The summed E-state index contributed by atoms with van der Waals surface area (Å²) >= 11 is 0. The van der Waals surface area contributed by atoms with Gasteiger partial charge in [-0.3, -0.25) is 19.4 Å². The van der Waals surface area contributed by atoms with Crippen LogP contribution in [0.2, 0.25) is 0 Å². The Balaban J connectivity index is 1.30. The highest BCUT2D eigenvalue weighted by Gasteiger charge is 2.31. The van der Waals surface area contributed by atoms with Gasteiger partial charge in [-0.05, 0) is 23.6 Å². The van der Waals surface area contributed by atoms with Crippen LogP contribution in [0.3, 0.4) is 0 Å². The zero-order valence-corrected chi connectivity index (χ0v) is 21.1. The van der Waals surface area contributed by atoms with Crippen LogP contribution in [0.15, 0.2) is 91.7 Å². The third-order valence-electron chi connectivity index (χ3n) is 6.53. The zero-order chi connectivity index (χ0) is 26.6. The molecule has 188 valence electrons. The van der Waals surface area contributed by atoms with E-state index in [0.29, 0.717) is 33.5 Å². The molecule has 2 aromatic heterocycles. The predicted molar refractivity (Wildman–Crippen MR) is 145 cm³/mol. The largest absolute Gasteiger partial charge is 0.324 e. The van der Waals surface area contributed by atoms with Gasteiger partial charge in [0.15, 0.2) is 11.6 Å². The van der Waals surface area contributed by atoms with Crippen molar-refractivity contribution in [1.29, 1.82) is 0 Å². The molecule has 1 aliphatic carbocycles. The van der Waals surface area contributed by atoms with E-state index in [-0.39, 0.29) is 35.7 Å². The number of hydrogen-bond acceptors (Lipinski definition) is 6. The Morgan fingerprint density at radius 2 is 1.63 bits per heavy atom. The number of anilines is 1. The number of aromatic nitrogens is 3. The van der Waals surface area contributed by atoms with Gasteiger partial charge in [-0.2, -0.15) is 0 Å². The Hall–Kier alpha value is -4.78. The molecule has 4 aromatic rings. The number of allylic oxidation sites excluding steroid dienone is 2. The molecular formula is C31H26N4O3. The van der Waals surface area contributed by atoms with E-state index in [1.54, 1.807) is 48.7 Å². The van der Waals surface area contributed by atoms with E-state index in [0.717, 1.165) is 11.3 Å². The first kappa shape index (κ1) is 24.9. The van der Waals surface area contributed by atoms with Crippen molar-refractivity contribution in [3.63, 3.8) is 0 Å². The molecule has 0 spiro atoms. The van der Waals surface area contributed by atoms with Crippen LogP contribution in [0.1, 0.15) is 62.9 Å². The summed E-state index contributed by atoms with van der Waals surface area (Å²) in [4.78, 5) is 51.7. The van der Waals surface area contributed by atoms with Gasteiger partial charge in [0.1, 0.15) is 6.33 Å². The number of Topliss-reactive ketones (excluding diaryl/α,β-unsaturated/α-hetero) is 1. The average molecular weight is 503 g/mol. The topological polar surface area (TPSA) is 102 Å². The molecule has 1 amide bonds. The van der Waals surface area contributed by atoms with Crippen LogP contribution in [0.25, 0.3) is 5.57 Å². The molecule has 0 saturated carbocycles. The molecule has 0 bridgehead atoms. The Morgan fingerprint density at radius 1 is 0.842 bits per heavy atom. The fourth-order valence-corrected chi connectivity index (χ4v) is 4.62. The lowest BCUT2D eigenvalue weighted by atomic mass is 9.95. The molecule has 38 heavy (non-hydrogen) atoms. The van der Waals surface area contributed by atoms with E-state index in [1.807, 2.05) is 24.3 Å². The van der Waals surface area contributed by atoms with Crippen LogP contribution in [0.4, 0.5) is 5.69 Å². The van der Waals surface area contributed by atoms with Crippen molar-refractivity contribution in [1.82, 2.24) is 15.0 Å². The number of rotatable bonds is 8. The summed E-state index contributed by atoms with van der Waals surface area (Å²) in [5.74, 6) is -0.262. The van der Waals surface area contributed by atoms with E-state index >= 15 is 0 Å². The molecule has 1 atom stereocenters. The molecule has 2 heterocycles. The SMILES string of the molecule is CC(C)C1C=C(C(=O)c2cncc(NC(=O)Cc3cccc(C(=O)c4ccccc4)c3)c2)c2cncnc21. The summed E-state index contributed by atoms with van der Waals surface area (Å²) in [6.45, 7) is 4.18. The second kappa shape index (κ2) is 10.7. The first-order valence-electron chi connectivity index (χ1n) is 12.4. The van der Waals surface area contributed by atoms with E-state index in [1.165, 1.54) is 18.7 Å². The normalized spacial score (nSPS) is 14.1. The minimum Gasteiger partial charge on any atom is -0.324 e. The van der Waals surface area contributed by atoms with Crippen molar-refractivity contribution in [3.8, 4) is 0 Å². The number of ketones is 2. The number of nitrogens with zero attached hydrogens (tertiary/aromatic N) is 3. The van der Waals surface area contributed by atoms with Crippen LogP contribution in [0.5, 0.6) is 0 Å². The maximum atomic E-state index is 13.4. The number of carbonyl (C=O) groups is 3. The summed E-state index contributed by atoms with van der Waals surface area (Å²) in [5, 5.41) is 2.82. The number of amides is 1. The van der Waals surface area contributed by atoms with Crippen LogP contribution < -0.4 is 5.32 Å². The summed E-state index contributed by atoms with van der Waals surface area (Å²) in [6.07, 6.45) is 8.18. The Kier molecular flexibility index (Phi) is 7.00. The zero-order valence-electron chi connectivity index (χ0n) is 21.1. The Bertz CT molecular complexity index is 1560. The van der Waals surface area contributed by atoms with Crippen molar-refractivity contribution < 1.29 is 14.4 Å². The number of hydrogen-bond donors (Lipinski definition) is 1. The van der Waals surface area contributed by atoms with E-state index < -0.39 is 0 Å². The highest BCUT2D eigenvalue weighted by atomic mass is 16.1. The summed E-state index contributed by atoms with van der Waals surface area (Å²) < 4.78 is 0. The van der Waals surface area contributed by atoms with E-state index in [4.69, 9.17) is 0 Å². The van der Waals surface area contributed by atoms with Gasteiger partial charge in [0.25, 0.3) is 0 Å². The lowest BCUT2D eigenvalue weighted by Gasteiger charge is -2.12. The van der Waals surface area contributed by atoms with Gasteiger partial charge in [-0.25, -0.2) is 9.97 Å². The first-order valence-corrected chi connectivity index (χ1v) is 12.4. The Labute approximate surface area is 220 Å². The van der Waals surface area contributed by atoms with E-state index in [2.05, 4.69) is 34.1 Å². The number of benzene rings is 2. The van der Waals surface area contributed by atoms with Gasteiger partial charge in [0, 0.05) is 46.1 Å². The van der Waals surface area contributed by atoms with Gasteiger partial charge >= 0.3 is 0 Å². The quantitative estimate of drug-likeness (QED) is 0.328. The number of carbonyl (C=O) groups excluding carboxylic acids is 3. The maximum Gasteiger partial charge on any atom is 0.228 e. The maximum absolute atomic E-state index is 13.4. The van der Waals surface area contributed by atoms with Gasteiger partial charge in [-0.1, -0.05) is 68.5 Å². The van der Waals surface area contributed by atoms with Crippen molar-refractivity contribution in [3.05, 3.63) is 125 Å². The van der Waals surface area contributed by atoms with E-state index in [9.17, 15) is 14.4 Å². The van der Waals surface area contributed by atoms with Gasteiger partial charge in [-0.15, -0.1) is 0 Å². The first-order chi connectivity index (χ1) is 18.4. The van der Waals surface area contributed by atoms with Crippen LogP contribution >= 0.6 is 0 Å². The average Bonchev–Trinajstić information content (AvgIpc) is 3.33. The molecule has 0 fully saturated rings. The second-order valence-corrected chi connectivity index (χ2v) is 9.58. The van der Waals surface area contributed by atoms with Gasteiger partial charge in [0.05, 0.1) is 24.0 Å². The lowest BCUT2D eigenvalue weighted by molar-refractivity contribution is -0.115. The molecule has 5 rings (SSSR count). The minimum absolute atomic E-state index is 0.0346. The third-order valence-corrected chi connectivity index (χ3v) is 6.53. The van der Waals surface area contributed by atoms with Crippen LogP contribution in [-0.2, 0) is 11.2 Å². The monoisotopic (exact) mass is 502 g/mol. The molecule has 1 aliphatic rings. The van der Waals surface area contributed by atoms with Gasteiger partial charge in [0.2, 0.25) is 5.91 Å². The van der Waals surface area contributed by atoms with Crippen molar-refractivity contribution in [2.75, 3.05) is 5.32 Å². The smallest absolute Gasteiger partial charge is 0.228 e. The molecule has 0 radical (unpaired) electrons. The number of pyridine rings is 1. The van der Waals surface area contributed by atoms with Crippen molar-refractivity contribution >= 4 is 28.7 Å². The minimum atomic E-state index is -0.278. The standard InChI is InChI=1S/C31H26N4O3/c1-19(2)25-14-26(27-17-33-18-34-29(25)27)31(38)23-13-24(16-32-15-23)35-28(36)12-20-7-6-10-22(11-20)30(37)21-8-4-3-5-9-21/h3-11,13-19,25H,12H2,1-2H3,(H,35,36). The van der Waals surface area contributed by atoms with Gasteiger partial charge < -0.3 is 5.32 Å². The summed E-state index contributed by atoms with van der Waals surface area (Å²) in [7, 11) is 0. The molecular weight excluding hydrogens is 476 g/mol. The highest BCUT2D eigenvalue weighted by Crippen LogP contribution is 2.39. The predicted octanol–water partition coefficient (Wildman–Crippen LogP) is 5.30.